The van der Waals surface area contributed by atoms with Gasteiger partial charge in [0.2, 0.25) is 0 Å². The van der Waals surface area contributed by atoms with Crippen molar-refractivity contribution in [2.75, 3.05) is 39.1 Å². The number of aliphatic imine (C=N–C) groups is 1. The first-order valence-electron chi connectivity index (χ1n) is 8.71. The number of rotatable bonds is 10. The molecule has 0 aliphatic carbocycles. The van der Waals surface area contributed by atoms with Gasteiger partial charge in [0.15, 0.2) is 15.8 Å². The highest BCUT2D eigenvalue weighted by atomic mass is 127. The highest BCUT2D eigenvalue weighted by Crippen LogP contribution is 2.10. The Morgan fingerprint density at radius 1 is 1.19 bits per heavy atom. The second-order valence-electron chi connectivity index (χ2n) is 6.32. The summed E-state index contributed by atoms with van der Waals surface area (Å²) >= 11 is 0. The molecule has 0 aliphatic heterocycles. The number of guanidine groups is 1. The Bertz CT molecular complexity index is 632. The van der Waals surface area contributed by atoms with Crippen LogP contribution in [0.4, 0.5) is 0 Å². The van der Waals surface area contributed by atoms with E-state index < -0.39 is 9.84 Å². The molecule has 6 nitrogen and oxygen atoms in total. The van der Waals surface area contributed by atoms with Gasteiger partial charge in [0.25, 0.3) is 0 Å². The van der Waals surface area contributed by atoms with Crippen LogP contribution in [0, 0.1) is 5.92 Å². The van der Waals surface area contributed by atoms with Gasteiger partial charge in [0, 0.05) is 26.0 Å². The molecular formula is C18H32IN3O3S. The molecule has 8 heteroatoms. The summed E-state index contributed by atoms with van der Waals surface area (Å²) in [5.41, 5.74) is 1.08. The quantitative estimate of drug-likeness (QED) is 0.225. The summed E-state index contributed by atoms with van der Waals surface area (Å²) in [6.45, 7) is 9.76. The summed E-state index contributed by atoms with van der Waals surface area (Å²) in [7, 11) is -3.14. The van der Waals surface area contributed by atoms with Crippen molar-refractivity contribution in [3.63, 3.8) is 0 Å². The van der Waals surface area contributed by atoms with Gasteiger partial charge < -0.3 is 15.4 Å². The molecule has 0 amide bonds. The van der Waals surface area contributed by atoms with E-state index in [4.69, 9.17) is 4.74 Å². The summed E-state index contributed by atoms with van der Waals surface area (Å²) in [4.78, 5) is 4.83. The topological polar surface area (TPSA) is 79.8 Å². The second kappa shape index (κ2) is 13.3. The third kappa shape index (κ3) is 11.0. The molecule has 1 aromatic carbocycles. The average molecular weight is 497 g/mol. The molecule has 0 aliphatic rings. The van der Waals surface area contributed by atoms with Crippen molar-refractivity contribution in [1.82, 2.24) is 10.6 Å². The van der Waals surface area contributed by atoms with Crippen LogP contribution < -0.4 is 10.6 Å². The maximum atomic E-state index is 11.5. The minimum absolute atomic E-state index is 0. The third-order valence-electron chi connectivity index (χ3n) is 3.36. The first kappa shape index (κ1) is 25.1. The molecule has 0 radical (unpaired) electrons. The monoisotopic (exact) mass is 497 g/mol. The molecule has 150 valence electrons. The fourth-order valence-corrected chi connectivity index (χ4v) is 2.74. The van der Waals surface area contributed by atoms with Crippen LogP contribution in [-0.4, -0.2) is 53.5 Å². The first-order valence-corrected chi connectivity index (χ1v) is 10.6. The van der Waals surface area contributed by atoms with E-state index in [1.54, 1.807) is 12.1 Å². The van der Waals surface area contributed by atoms with E-state index in [1.807, 2.05) is 19.1 Å². The van der Waals surface area contributed by atoms with E-state index in [1.165, 1.54) is 6.26 Å². The van der Waals surface area contributed by atoms with Gasteiger partial charge in [-0.15, -0.1) is 24.0 Å². The lowest BCUT2D eigenvalue weighted by molar-refractivity contribution is 0.117. The number of hydrogen-bond acceptors (Lipinski definition) is 4. The van der Waals surface area contributed by atoms with E-state index >= 15 is 0 Å². The normalized spacial score (nSPS) is 12.0. The smallest absolute Gasteiger partial charge is 0.191 e. The van der Waals surface area contributed by atoms with Gasteiger partial charge in [-0.05, 0) is 37.0 Å². The highest BCUT2D eigenvalue weighted by molar-refractivity contribution is 14.0. The molecular weight excluding hydrogens is 465 g/mol. The van der Waals surface area contributed by atoms with Crippen LogP contribution in [0.25, 0.3) is 0 Å². The van der Waals surface area contributed by atoms with Crippen molar-refractivity contribution in [2.45, 2.75) is 32.1 Å². The largest absolute Gasteiger partial charge is 0.379 e. The molecule has 2 N–H and O–H groups in total. The molecule has 0 bridgehead atoms. The van der Waals surface area contributed by atoms with Crippen molar-refractivity contribution >= 4 is 39.8 Å². The third-order valence-corrected chi connectivity index (χ3v) is 4.49. The van der Waals surface area contributed by atoms with E-state index in [9.17, 15) is 8.42 Å². The van der Waals surface area contributed by atoms with E-state index in [-0.39, 0.29) is 24.0 Å². The van der Waals surface area contributed by atoms with Crippen LogP contribution in [0.5, 0.6) is 0 Å². The van der Waals surface area contributed by atoms with Crippen LogP contribution >= 0.6 is 24.0 Å². The number of nitrogens with one attached hydrogen (secondary N) is 2. The lowest BCUT2D eigenvalue weighted by Crippen LogP contribution is -2.38. The predicted octanol–water partition coefficient (Wildman–Crippen LogP) is 2.48. The summed E-state index contributed by atoms with van der Waals surface area (Å²) in [6.07, 6.45) is 2.01. The fraction of sp³-hybridized carbons (Fsp3) is 0.611. The molecule has 0 unspecified atom stereocenters. The highest BCUT2D eigenvalue weighted by Gasteiger charge is 2.06. The number of nitrogens with zero attached hydrogens (tertiary/aromatic N) is 1. The predicted molar refractivity (Wildman–Crippen MR) is 118 cm³/mol. The maximum Gasteiger partial charge on any atom is 0.191 e. The molecule has 0 heterocycles. The van der Waals surface area contributed by atoms with Crippen LogP contribution in [0.1, 0.15) is 26.3 Å². The van der Waals surface area contributed by atoms with Gasteiger partial charge >= 0.3 is 0 Å². The Labute approximate surface area is 175 Å². The van der Waals surface area contributed by atoms with Crippen LogP contribution in [-0.2, 0) is 21.0 Å². The second-order valence-corrected chi connectivity index (χ2v) is 8.34. The number of benzene rings is 1. The number of halogens is 1. The van der Waals surface area contributed by atoms with Gasteiger partial charge in [0.05, 0.1) is 18.0 Å². The Hall–Kier alpha value is -0.870. The van der Waals surface area contributed by atoms with Crippen molar-refractivity contribution in [2.24, 2.45) is 10.9 Å². The molecule has 1 aromatic rings. The van der Waals surface area contributed by atoms with Crippen molar-refractivity contribution in [3.8, 4) is 0 Å². The van der Waals surface area contributed by atoms with E-state index in [0.717, 1.165) is 37.6 Å². The molecule has 1 rings (SSSR count). The zero-order valence-corrected chi connectivity index (χ0v) is 19.3. The summed E-state index contributed by atoms with van der Waals surface area (Å²) < 4.78 is 28.4. The van der Waals surface area contributed by atoms with Gasteiger partial charge in [-0.3, -0.25) is 4.99 Å². The SMILES string of the molecule is CCNC(=NCCOCC(C)C)NCCc1ccc(S(C)(=O)=O)cc1.I. The lowest BCUT2D eigenvalue weighted by atomic mass is 10.1. The molecule has 0 aromatic heterocycles. The number of ether oxygens (including phenoxy) is 1. The van der Waals surface area contributed by atoms with Crippen molar-refractivity contribution < 1.29 is 13.2 Å². The number of hydrogen-bond donors (Lipinski definition) is 2. The van der Waals surface area contributed by atoms with E-state index in [2.05, 4.69) is 29.5 Å². The fourth-order valence-electron chi connectivity index (χ4n) is 2.11. The zero-order chi connectivity index (χ0) is 18.7. The Morgan fingerprint density at radius 2 is 1.85 bits per heavy atom. The average Bonchev–Trinajstić information content (AvgIpc) is 2.54. The summed E-state index contributed by atoms with van der Waals surface area (Å²) in [6, 6.07) is 7.00. The van der Waals surface area contributed by atoms with Crippen molar-refractivity contribution in [3.05, 3.63) is 29.8 Å². The molecule has 0 saturated carbocycles. The van der Waals surface area contributed by atoms with Gasteiger partial charge in [-0.1, -0.05) is 26.0 Å². The molecule has 0 atom stereocenters. The molecule has 0 fully saturated rings. The van der Waals surface area contributed by atoms with Crippen LogP contribution in [0.2, 0.25) is 0 Å². The summed E-state index contributed by atoms with van der Waals surface area (Å²) in [5, 5.41) is 6.48. The van der Waals surface area contributed by atoms with Gasteiger partial charge in [0.1, 0.15) is 0 Å². The Morgan fingerprint density at radius 3 is 2.38 bits per heavy atom. The number of sulfone groups is 1. The molecule has 0 spiro atoms. The van der Waals surface area contributed by atoms with Gasteiger partial charge in [-0.25, -0.2) is 8.42 Å². The maximum absolute atomic E-state index is 11.5. The molecule has 0 saturated heterocycles. The van der Waals surface area contributed by atoms with Crippen LogP contribution in [0.15, 0.2) is 34.2 Å². The van der Waals surface area contributed by atoms with Crippen molar-refractivity contribution in [1.29, 1.82) is 0 Å². The Kier molecular flexibility index (Phi) is 12.9. The first-order chi connectivity index (χ1) is 11.8. The Balaban J connectivity index is 0.00000625. The zero-order valence-electron chi connectivity index (χ0n) is 16.1. The molecule has 26 heavy (non-hydrogen) atoms. The minimum atomic E-state index is -3.14. The standard InChI is InChI=1S/C18H31N3O3S.HI/c1-5-19-18(21-12-13-24-14-15(2)3)20-11-10-16-6-8-17(9-7-16)25(4,22)23;/h6-9,15H,5,10-14H2,1-4H3,(H2,19,20,21);1H. The minimum Gasteiger partial charge on any atom is -0.379 e. The lowest BCUT2D eigenvalue weighted by Gasteiger charge is -2.12. The van der Waals surface area contributed by atoms with Gasteiger partial charge in [-0.2, -0.15) is 0 Å². The van der Waals surface area contributed by atoms with E-state index in [0.29, 0.717) is 24.0 Å². The van der Waals surface area contributed by atoms with Crippen LogP contribution in [0.3, 0.4) is 0 Å². The summed E-state index contributed by atoms with van der Waals surface area (Å²) in [5.74, 6) is 1.30.